The summed E-state index contributed by atoms with van der Waals surface area (Å²) >= 11 is 0. The van der Waals surface area contributed by atoms with Crippen molar-refractivity contribution < 1.29 is 4.74 Å². The van der Waals surface area contributed by atoms with Crippen LogP contribution in [0.1, 0.15) is 30.6 Å². The Bertz CT molecular complexity index is 592. The number of pyridine rings is 1. The summed E-state index contributed by atoms with van der Waals surface area (Å²) in [5, 5.41) is 3.50. The van der Waals surface area contributed by atoms with E-state index in [1.807, 2.05) is 19.2 Å². The van der Waals surface area contributed by atoms with Crippen molar-refractivity contribution in [2.75, 3.05) is 32.8 Å². The molecule has 1 fully saturated rings. The topological polar surface area (TPSA) is 37.4 Å². The lowest BCUT2D eigenvalue weighted by atomic mass is 9.99. The summed E-state index contributed by atoms with van der Waals surface area (Å²) in [6.45, 7) is 7.07. The van der Waals surface area contributed by atoms with Crippen LogP contribution >= 0.6 is 0 Å². The van der Waals surface area contributed by atoms with Crippen molar-refractivity contribution in [2.24, 2.45) is 0 Å². The first-order valence-corrected chi connectivity index (χ1v) is 8.94. The third-order valence-corrected chi connectivity index (χ3v) is 4.52. The smallest absolute Gasteiger partial charge is 0.119 e. The van der Waals surface area contributed by atoms with E-state index >= 15 is 0 Å². The van der Waals surface area contributed by atoms with Gasteiger partial charge in [0.2, 0.25) is 0 Å². The van der Waals surface area contributed by atoms with Crippen molar-refractivity contribution in [3.63, 3.8) is 0 Å². The molecular formula is C20H27N3O. The van der Waals surface area contributed by atoms with E-state index in [9.17, 15) is 0 Å². The first kappa shape index (κ1) is 16.9. The standard InChI is InChI=1S/C20H27N3O/c1-2-24-19-9-7-17(8-10-19)20(16-18-6-3-4-12-22-18)23-14-5-11-21-13-15-23/h3-4,6-10,12,20-21H,2,5,11,13-16H2,1H3. The van der Waals surface area contributed by atoms with Gasteiger partial charge in [-0.25, -0.2) is 0 Å². The Hall–Kier alpha value is -1.91. The van der Waals surface area contributed by atoms with Gasteiger partial charge in [-0.2, -0.15) is 0 Å². The second-order valence-corrected chi connectivity index (χ2v) is 6.18. The number of hydrogen-bond acceptors (Lipinski definition) is 4. The number of aromatic nitrogens is 1. The van der Waals surface area contributed by atoms with Crippen LogP contribution in [0.25, 0.3) is 0 Å². The van der Waals surface area contributed by atoms with Gasteiger partial charge in [-0.15, -0.1) is 0 Å². The van der Waals surface area contributed by atoms with Crippen LogP contribution in [0.2, 0.25) is 0 Å². The van der Waals surface area contributed by atoms with Crippen LogP contribution < -0.4 is 10.1 Å². The van der Waals surface area contributed by atoms with Gasteiger partial charge in [0.05, 0.1) is 6.61 Å². The lowest BCUT2D eigenvalue weighted by Crippen LogP contribution is -2.33. The summed E-state index contributed by atoms with van der Waals surface area (Å²) in [5.41, 5.74) is 2.49. The summed E-state index contributed by atoms with van der Waals surface area (Å²) in [6.07, 6.45) is 4.01. The van der Waals surface area contributed by atoms with E-state index in [-0.39, 0.29) is 0 Å². The number of benzene rings is 1. The van der Waals surface area contributed by atoms with E-state index < -0.39 is 0 Å². The van der Waals surface area contributed by atoms with Crippen molar-refractivity contribution in [2.45, 2.75) is 25.8 Å². The second-order valence-electron chi connectivity index (χ2n) is 6.18. The Kier molecular flexibility index (Phi) is 6.21. The van der Waals surface area contributed by atoms with Crippen LogP contribution in [-0.2, 0) is 6.42 Å². The van der Waals surface area contributed by atoms with Crippen LogP contribution in [0.4, 0.5) is 0 Å². The summed E-state index contributed by atoms with van der Waals surface area (Å²) in [7, 11) is 0. The number of nitrogens with zero attached hydrogens (tertiary/aromatic N) is 2. The molecule has 24 heavy (non-hydrogen) atoms. The first-order valence-electron chi connectivity index (χ1n) is 8.94. The van der Waals surface area contributed by atoms with Crippen LogP contribution in [0, 0.1) is 0 Å². The van der Waals surface area contributed by atoms with Crippen molar-refractivity contribution in [3.8, 4) is 5.75 Å². The molecule has 2 aromatic rings. The summed E-state index contributed by atoms with van der Waals surface area (Å²) in [5.74, 6) is 0.940. The maximum atomic E-state index is 5.59. The van der Waals surface area contributed by atoms with Gasteiger partial charge in [-0.05, 0) is 49.7 Å². The Labute approximate surface area is 144 Å². The third-order valence-electron chi connectivity index (χ3n) is 4.52. The number of nitrogens with one attached hydrogen (secondary N) is 1. The Morgan fingerprint density at radius 3 is 2.75 bits per heavy atom. The average molecular weight is 325 g/mol. The maximum Gasteiger partial charge on any atom is 0.119 e. The maximum absolute atomic E-state index is 5.59. The molecule has 0 radical (unpaired) electrons. The zero-order chi connectivity index (χ0) is 16.6. The molecule has 1 unspecified atom stereocenters. The molecule has 0 aliphatic carbocycles. The molecule has 1 atom stereocenters. The minimum absolute atomic E-state index is 0.357. The summed E-state index contributed by atoms with van der Waals surface area (Å²) < 4.78 is 5.59. The van der Waals surface area contributed by atoms with E-state index in [4.69, 9.17) is 4.74 Å². The Morgan fingerprint density at radius 1 is 1.12 bits per heavy atom. The minimum atomic E-state index is 0.357. The molecule has 128 valence electrons. The fraction of sp³-hybridized carbons (Fsp3) is 0.450. The van der Waals surface area contributed by atoms with Gasteiger partial charge in [-0.1, -0.05) is 18.2 Å². The van der Waals surface area contributed by atoms with Gasteiger partial charge in [0.15, 0.2) is 0 Å². The molecular weight excluding hydrogens is 298 g/mol. The molecule has 4 nitrogen and oxygen atoms in total. The molecule has 1 aromatic carbocycles. The number of rotatable bonds is 6. The second kappa shape index (κ2) is 8.81. The molecule has 1 aromatic heterocycles. The molecule has 1 N–H and O–H groups in total. The number of hydrogen-bond donors (Lipinski definition) is 1. The van der Waals surface area contributed by atoms with Crippen molar-refractivity contribution >= 4 is 0 Å². The van der Waals surface area contributed by atoms with Crippen molar-refractivity contribution in [1.29, 1.82) is 0 Å². The zero-order valence-electron chi connectivity index (χ0n) is 14.4. The summed E-state index contributed by atoms with van der Waals surface area (Å²) in [4.78, 5) is 7.13. The van der Waals surface area contributed by atoms with E-state index in [2.05, 4.69) is 51.6 Å². The minimum Gasteiger partial charge on any atom is -0.494 e. The quantitative estimate of drug-likeness (QED) is 0.886. The zero-order valence-corrected chi connectivity index (χ0v) is 14.4. The van der Waals surface area contributed by atoms with Crippen molar-refractivity contribution in [3.05, 3.63) is 59.9 Å². The molecule has 2 heterocycles. The van der Waals surface area contributed by atoms with E-state index in [1.165, 1.54) is 12.0 Å². The van der Waals surface area contributed by atoms with Gasteiger partial charge in [0, 0.05) is 44.0 Å². The molecule has 1 aliphatic heterocycles. The molecule has 1 saturated heterocycles. The highest BCUT2D eigenvalue weighted by Gasteiger charge is 2.22. The molecule has 4 heteroatoms. The van der Waals surface area contributed by atoms with Crippen LogP contribution in [-0.4, -0.2) is 42.7 Å². The number of ether oxygens (including phenoxy) is 1. The molecule has 0 bridgehead atoms. The predicted molar refractivity (Wildman–Crippen MR) is 97.4 cm³/mol. The lowest BCUT2D eigenvalue weighted by molar-refractivity contribution is 0.208. The van der Waals surface area contributed by atoms with Crippen LogP contribution in [0.15, 0.2) is 48.7 Å². The highest BCUT2D eigenvalue weighted by atomic mass is 16.5. The lowest BCUT2D eigenvalue weighted by Gasteiger charge is -2.31. The Morgan fingerprint density at radius 2 is 2.00 bits per heavy atom. The highest BCUT2D eigenvalue weighted by molar-refractivity contribution is 5.30. The van der Waals surface area contributed by atoms with Gasteiger partial charge >= 0.3 is 0 Å². The van der Waals surface area contributed by atoms with Crippen LogP contribution in [0.5, 0.6) is 5.75 Å². The fourth-order valence-electron chi connectivity index (χ4n) is 3.31. The largest absolute Gasteiger partial charge is 0.494 e. The SMILES string of the molecule is CCOc1ccc(C(Cc2ccccn2)N2CCCNCC2)cc1. The first-order chi connectivity index (χ1) is 11.9. The monoisotopic (exact) mass is 325 g/mol. The molecule has 1 aliphatic rings. The van der Waals surface area contributed by atoms with Crippen LogP contribution in [0.3, 0.4) is 0 Å². The third kappa shape index (κ3) is 4.56. The van der Waals surface area contributed by atoms with Gasteiger partial charge in [0.25, 0.3) is 0 Å². The van der Waals surface area contributed by atoms with E-state index in [0.29, 0.717) is 12.6 Å². The Balaban J connectivity index is 1.82. The molecule has 0 amide bonds. The van der Waals surface area contributed by atoms with Gasteiger partial charge in [0.1, 0.15) is 5.75 Å². The van der Waals surface area contributed by atoms with E-state index in [0.717, 1.165) is 44.0 Å². The molecule has 0 spiro atoms. The van der Waals surface area contributed by atoms with Crippen molar-refractivity contribution in [1.82, 2.24) is 15.2 Å². The van der Waals surface area contributed by atoms with Gasteiger partial charge < -0.3 is 10.1 Å². The molecule has 0 saturated carbocycles. The highest BCUT2D eigenvalue weighted by Crippen LogP contribution is 2.27. The summed E-state index contributed by atoms with van der Waals surface area (Å²) in [6, 6.07) is 15.1. The predicted octanol–water partition coefficient (Wildman–Crippen LogP) is 3.06. The van der Waals surface area contributed by atoms with Gasteiger partial charge in [-0.3, -0.25) is 9.88 Å². The van der Waals surface area contributed by atoms with E-state index in [1.54, 1.807) is 0 Å². The fourth-order valence-corrected chi connectivity index (χ4v) is 3.31. The average Bonchev–Trinajstić information content (AvgIpc) is 2.91. The normalized spacial score (nSPS) is 17.2. The molecule has 3 rings (SSSR count).